The standard InChI is InChI=1S/C34H32Br2O6/c1-37-21-11-7-19(8-12-21)15-24-29(20-9-13-22(38-2)14-10-20)30(25-16-23(39-3)17-27(41-5)33(25)35)32-26(40-4)18-28(42-6)34(36)31(24)32/h7-18,29-30H,1-6H3/b24-15+/t29?,30-/m1/s1. The summed E-state index contributed by atoms with van der Waals surface area (Å²) in [5, 5.41) is 0. The molecule has 0 fully saturated rings. The maximum Gasteiger partial charge on any atom is 0.137 e. The molecule has 218 valence electrons. The van der Waals surface area contributed by atoms with Crippen LogP contribution in [0.5, 0.6) is 34.5 Å². The van der Waals surface area contributed by atoms with Gasteiger partial charge in [-0.3, -0.25) is 0 Å². The molecule has 8 heteroatoms. The highest BCUT2D eigenvalue weighted by Gasteiger charge is 2.44. The van der Waals surface area contributed by atoms with Crippen molar-refractivity contribution in [3.63, 3.8) is 0 Å². The molecule has 0 radical (unpaired) electrons. The zero-order valence-electron chi connectivity index (χ0n) is 24.3. The molecule has 4 aromatic carbocycles. The lowest BCUT2D eigenvalue weighted by Crippen LogP contribution is -2.10. The van der Waals surface area contributed by atoms with Crippen LogP contribution in [0.2, 0.25) is 0 Å². The van der Waals surface area contributed by atoms with Gasteiger partial charge >= 0.3 is 0 Å². The molecule has 2 atom stereocenters. The van der Waals surface area contributed by atoms with Gasteiger partial charge in [0.05, 0.1) is 51.6 Å². The van der Waals surface area contributed by atoms with Crippen LogP contribution in [-0.4, -0.2) is 42.7 Å². The number of hydrogen-bond donors (Lipinski definition) is 0. The van der Waals surface area contributed by atoms with Gasteiger partial charge in [-0.15, -0.1) is 0 Å². The zero-order valence-corrected chi connectivity index (χ0v) is 27.5. The smallest absolute Gasteiger partial charge is 0.137 e. The van der Waals surface area contributed by atoms with Crippen LogP contribution in [0.15, 0.2) is 75.7 Å². The van der Waals surface area contributed by atoms with Crippen molar-refractivity contribution in [2.24, 2.45) is 0 Å². The summed E-state index contributed by atoms with van der Waals surface area (Å²) in [6.07, 6.45) is 2.22. The Morgan fingerprint density at radius 1 is 0.548 bits per heavy atom. The molecular weight excluding hydrogens is 664 g/mol. The van der Waals surface area contributed by atoms with Gasteiger partial charge in [-0.25, -0.2) is 0 Å². The maximum absolute atomic E-state index is 6.07. The van der Waals surface area contributed by atoms with E-state index in [1.807, 2.05) is 36.4 Å². The van der Waals surface area contributed by atoms with Crippen molar-refractivity contribution in [1.82, 2.24) is 0 Å². The monoisotopic (exact) mass is 694 g/mol. The van der Waals surface area contributed by atoms with E-state index >= 15 is 0 Å². The fourth-order valence-corrected chi connectivity index (χ4v) is 7.04. The molecule has 0 amide bonds. The Labute approximate surface area is 263 Å². The molecule has 0 heterocycles. The normalized spacial score (nSPS) is 16.6. The molecule has 0 saturated carbocycles. The molecule has 0 aromatic heterocycles. The van der Waals surface area contributed by atoms with Gasteiger partial charge in [0, 0.05) is 35.1 Å². The average molecular weight is 696 g/mol. The molecular formula is C34H32Br2O6. The lowest BCUT2D eigenvalue weighted by atomic mass is 9.79. The first kappa shape index (κ1) is 29.9. The van der Waals surface area contributed by atoms with E-state index in [2.05, 4.69) is 68.3 Å². The number of allylic oxidation sites excluding steroid dienone is 1. The second kappa shape index (κ2) is 12.7. The molecule has 0 aliphatic heterocycles. The molecule has 1 unspecified atom stereocenters. The predicted molar refractivity (Wildman–Crippen MR) is 173 cm³/mol. The quantitative estimate of drug-likeness (QED) is 0.175. The molecule has 0 N–H and O–H groups in total. The van der Waals surface area contributed by atoms with E-state index < -0.39 is 0 Å². The first-order valence-electron chi connectivity index (χ1n) is 13.2. The van der Waals surface area contributed by atoms with Crippen molar-refractivity contribution in [2.45, 2.75) is 11.8 Å². The molecule has 1 aliphatic rings. The summed E-state index contributed by atoms with van der Waals surface area (Å²) < 4.78 is 36.0. The molecule has 1 aliphatic carbocycles. The zero-order chi connectivity index (χ0) is 30.0. The van der Waals surface area contributed by atoms with Gasteiger partial charge in [0.1, 0.15) is 34.5 Å². The van der Waals surface area contributed by atoms with Crippen LogP contribution in [0.25, 0.3) is 11.6 Å². The summed E-state index contributed by atoms with van der Waals surface area (Å²) in [6, 6.07) is 22.1. The van der Waals surface area contributed by atoms with Crippen molar-refractivity contribution >= 4 is 43.5 Å². The van der Waals surface area contributed by atoms with E-state index in [1.54, 1.807) is 42.7 Å². The molecule has 5 rings (SSSR count). The van der Waals surface area contributed by atoms with Crippen LogP contribution in [-0.2, 0) is 0 Å². The van der Waals surface area contributed by atoms with Crippen LogP contribution in [0.1, 0.15) is 39.7 Å². The summed E-state index contributed by atoms with van der Waals surface area (Å²) in [5.41, 5.74) is 6.29. The van der Waals surface area contributed by atoms with E-state index in [0.717, 1.165) is 59.6 Å². The minimum Gasteiger partial charge on any atom is -0.497 e. The van der Waals surface area contributed by atoms with Crippen molar-refractivity contribution in [1.29, 1.82) is 0 Å². The number of ether oxygens (including phenoxy) is 6. The molecule has 42 heavy (non-hydrogen) atoms. The van der Waals surface area contributed by atoms with Crippen molar-refractivity contribution in [2.75, 3.05) is 42.7 Å². The van der Waals surface area contributed by atoms with Gasteiger partial charge in [-0.1, -0.05) is 30.3 Å². The Morgan fingerprint density at radius 2 is 1.10 bits per heavy atom. The molecule has 0 bridgehead atoms. The lowest BCUT2D eigenvalue weighted by Gasteiger charge is -2.26. The van der Waals surface area contributed by atoms with Crippen LogP contribution >= 0.6 is 31.9 Å². The van der Waals surface area contributed by atoms with E-state index in [-0.39, 0.29) is 11.8 Å². The van der Waals surface area contributed by atoms with E-state index in [9.17, 15) is 0 Å². The van der Waals surface area contributed by atoms with Crippen LogP contribution in [0.3, 0.4) is 0 Å². The molecule has 0 saturated heterocycles. The number of rotatable bonds is 9. The Morgan fingerprint density at radius 3 is 1.64 bits per heavy atom. The van der Waals surface area contributed by atoms with Crippen LogP contribution in [0.4, 0.5) is 0 Å². The van der Waals surface area contributed by atoms with Gasteiger partial charge in [0.15, 0.2) is 0 Å². The third-order valence-electron chi connectivity index (χ3n) is 7.69. The third-order valence-corrected chi connectivity index (χ3v) is 9.32. The van der Waals surface area contributed by atoms with Gasteiger partial charge in [-0.2, -0.15) is 0 Å². The molecule has 4 aromatic rings. The maximum atomic E-state index is 6.07. The average Bonchev–Trinajstić information content (AvgIpc) is 3.36. The minimum atomic E-state index is -0.187. The molecule has 0 spiro atoms. The van der Waals surface area contributed by atoms with Gasteiger partial charge in [0.2, 0.25) is 0 Å². The Balaban J connectivity index is 1.90. The molecule has 6 nitrogen and oxygen atoms in total. The second-order valence-electron chi connectivity index (χ2n) is 9.72. The lowest BCUT2D eigenvalue weighted by molar-refractivity contribution is 0.386. The number of methoxy groups -OCH3 is 6. The third kappa shape index (κ3) is 5.34. The number of hydrogen-bond acceptors (Lipinski definition) is 6. The van der Waals surface area contributed by atoms with Crippen LogP contribution in [0, 0.1) is 0 Å². The van der Waals surface area contributed by atoms with Gasteiger partial charge in [0.25, 0.3) is 0 Å². The Kier molecular flexibility index (Phi) is 9.04. The fraction of sp³-hybridized carbons (Fsp3) is 0.235. The van der Waals surface area contributed by atoms with Crippen molar-refractivity contribution < 1.29 is 28.4 Å². The minimum absolute atomic E-state index is 0.126. The predicted octanol–water partition coefficient (Wildman–Crippen LogP) is 8.73. The number of benzene rings is 4. The van der Waals surface area contributed by atoms with Crippen molar-refractivity contribution in [3.05, 3.63) is 103 Å². The van der Waals surface area contributed by atoms with Gasteiger partial charge < -0.3 is 28.4 Å². The van der Waals surface area contributed by atoms with E-state index in [4.69, 9.17) is 28.4 Å². The second-order valence-corrected chi connectivity index (χ2v) is 11.3. The Bertz CT molecular complexity index is 1610. The largest absolute Gasteiger partial charge is 0.497 e. The summed E-state index contributed by atoms with van der Waals surface area (Å²) in [7, 11) is 10.0. The van der Waals surface area contributed by atoms with Crippen LogP contribution < -0.4 is 28.4 Å². The first-order chi connectivity index (χ1) is 20.4. The summed E-state index contributed by atoms with van der Waals surface area (Å²) in [4.78, 5) is 0. The summed E-state index contributed by atoms with van der Waals surface area (Å²) >= 11 is 7.78. The number of fused-ring (bicyclic) bond motifs is 1. The SMILES string of the molecule is COc1ccc(/C=C2/c3c(Br)c(OC)cc(OC)c3[C@H](c3cc(OC)cc(OC)c3Br)C2c2ccc(OC)cc2)cc1. The summed E-state index contributed by atoms with van der Waals surface area (Å²) in [6.45, 7) is 0. The number of halogens is 2. The highest BCUT2D eigenvalue weighted by atomic mass is 79.9. The summed E-state index contributed by atoms with van der Waals surface area (Å²) in [5.74, 6) is 4.05. The Hall–Kier alpha value is -3.62. The van der Waals surface area contributed by atoms with E-state index in [0.29, 0.717) is 17.2 Å². The van der Waals surface area contributed by atoms with E-state index in [1.165, 1.54) is 0 Å². The van der Waals surface area contributed by atoms with Crippen molar-refractivity contribution in [3.8, 4) is 34.5 Å². The van der Waals surface area contributed by atoms with Gasteiger partial charge in [-0.05, 0) is 84.5 Å². The highest BCUT2D eigenvalue weighted by molar-refractivity contribution is 9.11. The first-order valence-corrected chi connectivity index (χ1v) is 14.8. The fourth-order valence-electron chi connectivity index (χ4n) is 5.68. The topological polar surface area (TPSA) is 55.4 Å². The highest BCUT2D eigenvalue weighted by Crippen LogP contribution is 2.62.